The van der Waals surface area contributed by atoms with Gasteiger partial charge in [0, 0.05) is 18.7 Å². The predicted molar refractivity (Wildman–Crippen MR) is 67.6 cm³/mol. The van der Waals surface area contributed by atoms with Crippen LogP contribution < -0.4 is 11.3 Å². The number of nitrogens with zero attached hydrogens (tertiary/aromatic N) is 1. The average Bonchev–Trinajstić information content (AvgIpc) is 2.73. The van der Waals surface area contributed by atoms with Crippen molar-refractivity contribution in [2.24, 2.45) is 5.84 Å². The van der Waals surface area contributed by atoms with E-state index in [2.05, 4.69) is 0 Å². The molecular weight excluding hydrogens is 234 g/mol. The van der Waals surface area contributed by atoms with Crippen molar-refractivity contribution in [1.82, 2.24) is 10.3 Å². The van der Waals surface area contributed by atoms with Gasteiger partial charge in [0.05, 0.1) is 11.9 Å². The minimum absolute atomic E-state index is 0.215. The SMILES string of the molecule is CCN(Cc1ccoc1C(=O)NN)CC(C)(C)O. The van der Waals surface area contributed by atoms with E-state index in [9.17, 15) is 9.90 Å². The highest BCUT2D eigenvalue weighted by Crippen LogP contribution is 2.15. The van der Waals surface area contributed by atoms with Crippen molar-refractivity contribution < 1.29 is 14.3 Å². The van der Waals surface area contributed by atoms with Crippen LogP contribution >= 0.6 is 0 Å². The smallest absolute Gasteiger partial charge is 0.301 e. The summed E-state index contributed by atoms with van der Waals surface area (Å²) in [6.45, 7) is 7.29. The van der Waals surface area contributed by atoms with Crippen molar-refractivity contribution in [3.8, 4) is 0 Å². The Morgan fingerprint density at radius 3 is 2.78 bits per heavy atom. The third-order valence-electron chi connectivity index (χ3n) is 2.54. The molecule has 0 fully saturated rings. The first-order valence-electron chi connectivity index (χ1n) is 5.89. The monoisotopic (exact) mass is 255 g/mol. The normalized spacial score (nSPS) is 11.9. The molecule has 0 aromatic carbocycles. The number of carbonyl (C=O) groups is 1. The molecule has 1 aromatic heterocycles. The van der Waals surface area contributed by atoms with Crippen LogP contribution in [-0.2, 0) is 6.54 Å². The summed E-state index contributed by atoms with van der Waals surface area (Å²) in [6.07, 6.45) is 1.46. The van der Waals surface area contributed by atoms with Crippen LogP contribution in [0, 0.1) is 0 Å². The second-order valence-corrected chi connectivity index (χ2v) is 4.86. The molecule has 18 heavy (non-hydrogen) atoms. The first-order valence-corrected chi connectivity index (χ1v) is 5.89. The lowest BCUT2D eigenvalue weighted by Gasteiger charge is -2.27. The molecule has 0 bridgehead atoms. The minimum Gasteiger partial charge on any atom is -0.459 e. The van der Waals surface area contributed by atoms with Crippen molar-refractivity contribution in [3.05, 3.63) is 23.7 Å². The van der Waals surface area contributed by atoms with Crippen LogP contribution in [0.1, 0.15) is 36.9 Å². The van der Waals surface area contributed by atoms with Crippen molar-refractivity contribution in [3.63, 3.8) is 0 Å². The maximum Gasteiger partial charge on any atom is 0.301 e. The molecule has 6 heteroatoms. The van der Waals surface area contributed by atoms with Gasteiger partial charge in [-0.15, -0.1) is 0 Å². The number of carbonyl (C=O) groups excluding carboxylic acids is 1. The number of likely N-dealkylation sites (N-methyl/N-ethyl adjacent to an activating group) is 1. The number of nitrogens with two attached hydrogens (primary N) is 1. The Bertz CT molecular complexity index is 396. The Hall–Kier alpha value is -1.37. The van der Waals surface area contributed by atoms with E-state index in [4.69, 9.17) is 10.3 Å². The highest BCUT2D eigenvalue weighted by molar-refractivity contribution is 5.92. The zero-order valence-electron chi connectivity index (χ0n) is 11.1. The molecule has 6 nitrogen and oxygen atoms in total. The van der Waals surface area contributed by atoms with Crippen LogP contribution in [0.5, 0.6) is 0 Å². The third-order valence-corrected chi connectivity index (χ3v) is 2.54. The Kier molecular flexibility index (Phi) is 4.89. The van der Waals surface area contributed by atoms with E-state index in [1.54, 1.807) is 19.9 Å². The molecule has 102 valence electrons. The van der Waals surface area contributed by atoms with E-state index in [-0.39, 0.29) is 5.76 Å². The number of hydrogen-bond donors (Lipinski definition) is 3. The summed E-state index contributed by atoms with van der Waals surface area (Å²) in [5.41, 5.74) is 2.02. The van der Waals surface area contributed by atoms with Gasteiger partial charge in [-0.2, -0.15) is 0 Å². The largest absolute Gasteiger partial charge is 0.459 e. The number of nitrogen functional groups attached to an aromatic ring is 1. The van der Waals surface area contributed by atoms with Gasteiger partial charge >= 0.3 is 5.91 Å². The van der Waals surface area contributed by atoms with Gasteiger partial charge in [0.15, 0.2) is 5.76 Å². The first-order chi connectivity index (χ1) is 8.37. The molecule has 1 amide bonds. The Labute approximate surface area is 107 Å². The van der Waals surface area contributed by atoms with Gasteiger partial charge in [-0.25, -0.2) is 5.84 Å². The van der Waals surface area contributed by atoms with E-state index in [1.165, 1.54) is 6.26 Å². The molecule has 0 aliphatic heterocycles. The number of hydrogen-bond acceptors (Lipinski definition) is 5. The van der Waals surface area contributed by atoms with Gasteiger partial charge in [-0.3, -0.25) is 15.1 Å². The lowest BCUT2D eigenvalue weighted by Crippen LogP contribution is -2.38. The molecular formula is C12H21N3O3. The first kappa shape index (κ1) is 14.7. The van der Waals surface area contributed by atoms with Crippen LogP contribution in [-0.4, -0.2) is 34.6 Å². The van der Waals surface area contributed by atoms with Crippen molar-refractivity contribution >= 4 is 5.91 Å². The summed E-state index contributed by atoms with van der Waals surface area (Å²) >= 11 is 0. The summed E-state index contributed by atoms with van der Waals surface area (Å²) in [4.78, 5) is 13.5. The van der Waals surface area contributed by atoms with Gasteiger partial charge in [0.2, 0.25) is 0 Å². The molecule has 0 spiro atoms. The van der Waals surface area contributed by atoms with Gasteiger partial charge in [-0.05, 0) is 26.5 Å². The topological polar surface area (TPSA) is 91.7 Å². The quantitative estimate of drug-likeness (QED) is 0.390. The molecule has 1 rings (SSSR count). The van der Waals surface area contributed by atoms with E-state index < -0.39 is 11.5 Å². The van der Waals surface area contributed by atoms with Crippen molar-refractivity contribution in [1.29, 1.82) is 0 Å². The summed E-state index contributed by atoms with van der Waals surface area (Å²) in [7, 11) is 0. The molecule has 4 N–H and O–H groups in total. The average molecular weight is 255 g/mol. The Morgan fingerprint density at radius 1 is 1.61 bits per heavy atom. The Balaban J connectivity index is 2.76. The molecule has 0 atom stereocenters. The van der Waals surface area contributed by atoms with E-state index in [0.717, 1.165) is 12.1 Å². The summed E-state index contributed by atoms with van der Waals surface area (Å²) in [6, 6.07) is 1.73. The second kappa shape index (κ2) is 5.99. The minimum atomic E-state index is -0.782. The van der Waals surface area contributed by atoms with Crippen LogP contribution in [0.3, 0.4) is 0 Å². The highest BCUT2D eigenvalue weighted by atomic mass is 16.3. The van der Waals surface area contributed by atoms with E-state index >= 15 is 0 Å². The number of hydrazine groups is 1. The fourth-order valence-electron chi connectivity index (χ4n) is 1.79. The molecule has 0 saturated heterocycles. The lowest BCUT2D eigenvalue weighted by atomic mass is 10.1. The fraction of sp³-hybridized carbons (Fsp3) is 0.583. The molecule has 0 aliphatic rings. The zero-order valence-corrected chi connectivity index (χ0v) is 11.1. The van der Waals surface area contributed by atoms with Gasteiger partial charge < -0.3 is 9.52 Å². The number of aliphatic hydroxyl groups is 1. The van der Waals surface area contributed by atoms with Crippen LogP contribution in [0.25, 0.3) is 0 Å². The molecule has 0 saturated carbocycles. The van der Waals surface area contributed by atoms with Crippen LogP contribution in [0.4, 0.5) is 0 Å². The third kappa shape index (κ3) is 4.14. The molecule has 0 aliphatic carbocycles. The van der Waals surface area contributed by atoms with E-state index in [1.807, 2.05) is 17.2 Å². The number of rotatable bonds is 6. The number of furan rings is 1. The summed E-state index contributed by atoms with van der Waals surface area (Å²) in [5.74, 6) is 4.85. The summed E-state index contributed by atoms with van der Waals surface area (Å²) in [5, 5.41) is 9.81. The standard InChI is InChI=1S/C12H21N3O3/c1-4-15(8-12(2,3)17)7-9-5-6-18-10(9)11(16)14-13/h5-6,17H,4,7-8,13H2,1-3H3,(H,14,16). The van der Waals surface area contributed by atoms with Gasteiger partial charge in [-0.1, -0.05) is 6.92 Å². The van der Waals surface area contributed by atoms with E-state index in [0.29, 0.717) is 13.1 Å². The lowest BCUT2D eigenvalue weighted by molar-refractivity contribution is 0.0352. The number of nitrogens with one attached hydrogen (secondary N) is 1. The van der Waals surface area contributed by atoms with Crippen LogP contribution in [0.15, 0.2) is 16.7 Å². The second-order valence-electron chi connectivity index (χ2n) is 4.86. The van der Waals surface area contributed by atoms with Gasteiger partial charge in [0.1, 0.15) is 0 Å². The Morgan fingerprint density at radius 2 is 2.28 bits per heavy atom. The maximum absolute atomic E-state index is 11.5. The highest BCUT2D eigenvalue weighted by Gasteiger charge is 2.20. The molecule has 1 aromatic rings. The number of amides is 1. The van der Waals surface area contributed by atoms with Crippen molar-refractivity contribution in [2.75, 3.05) is 13.1 Å². The fourth-order valence-corrected chi connectivity index (χ4v) is 1.79. The molecule has 0 unspecified atom stereocenters. The van der Waals surface area contributed by atoms with Gasteiger partial charge in [0.25, 0.3) is 0 Å². The molecule has 0 radical (unpaired) electrons. The predicted octanol–water partition coefficient (Wildman–Crippen LogP) is 0.476. The maximum atomic E-state index is 11.5. The summed E-state index contributed by atoms with van der Waals surface area (Å²) < 4.78 is 5.11. The molecule has 1 heterocycles. The zero-order chi connectivity index (χ0) is 13.8. The van der Waals surface area contributed by atoms with Crippen LogP contribution in [0.2, 0.25) is 0 Å². The van der Waals surface area contributed by atoms with Crippen molar-refractivity contribution in [2.45, 2.75) is 32.9 Å².